The maximum absolute atomic E-state index is 11.7. The van der Waals surface area contributed by atoms with E-state index in [1.165, 1.54) is 75.5 Å². The number of rotatable bonds is 11. The van der Waals surface area contributed by atoms with Gasteiger partial charge in [-0.3, -0.25) is 9.78 Å². The van der Waals surface area contributed by atoms with Gasteiger partial charge >= 0.3 is 0 Å². The van der Waals surface area contributed by atoms with Gasteiger partial charge in [0.2, 0.25) is 0 Å². The molecule has 0 saturated heterocycles. The van der Waals surface area contributed by atoms with Gasteiger partial charge in [-0.2, -0.15) is 0 Å². The molecule has 283 valence electrons. The van der Waals surface area contributed by atoms with E-state index in [1.54, 1.807) is 0 Å². The summed E-state index contributed by atoms with van der Waals surface area (Å²) in [5, 5.41) is 15.0. The van der Waals surface area contributed by atoms with Gasteiger partial charge in [-0.05, 0) is 86.6 Å². The van der Waals surface area contributed by atoms with Crippen LogP contribution in [0.3, 0.4) is 0 Å². The zero-order chi connectivity index (χ0) is 37.6. The van der Waals surface area contributed by atoms with E-state index in [0.717, 1.165) is 47.8 Å². The van der Waals surface area contributed by atoms with Gasteiger partial charge in [0.05, 0.1) is 19.3 Å². The van der Waals surface area contributed by atoms with E-state index in [9.17, 15) is 9.90 Å². The summed E-state index contributed by atoms with van der Waals surface area (Å²) in [6, 6.07) is 31.0. The molecule has 1 fully saturated rings. The number of allylic oxidation sites excluding steroid dienone is 2. The molecule has 53 heavy (non-hydrogen) atoms. The molecule has 1 aromatic heterocycles. The zero-order valence-corrected chi connectivity index (χ0v) is 36.9. The van der Waals surface area contributed by atoms with E-state index in [-0.39, 0.29) is 43.5 Å². The zero-order valence-electron chi connectivity index (χ0n) is 33.5. The second kappa shape index (κ2) is 18.8. The maximum atomic E-state index is 11.7. The van der Waals surface area contributed by atoms with Crippen molar-refractivity contribution in [3.05, 3.63) is 107 Å². The molecule has 1 aliphatic carbocycles. The van der Waals surface area contributed by atoms with Gasteiger partial charge in [0.25, 0.3) is 0 Å². The predicted molar refractivity (Wildman–Crippen MR) is 226 cm³/mol. The standard InChI is InChI=1S/C35H36NSi.C13H24O2.Ir/c1-23-18-24(2)35-32(25-10-6-7-11-25)22-33(36-34(35)19-23)28-20-27-12-8-9-13-30(27)31(21-28)26-14-16-29(17-15-26)37(3,4)5;1-5-10(6-2)12(14)9-13(15)11(7-3)8-4;/h8-9,12-19,21-22,25H,6-7,10-11H2,1-5H3;9-11,14H,5-8H2,1-4H3;/q-1;;/b;12-9-;. The molecule has 1 N–H and O–H groups in total. The molecule has 1 saturated carbocycles. The van der Waals surface area contributed by atoms with E-state index in [1.807, 2.05) is 27.7 Å². The van der Waals surface area contributed by atoms with Crippen molar-refractivity contribution >= 4 is 40.7 Å². The minimum atomic E-state index is -1.35. The van der Waals surface area contributed by atoms with Crippen LogP contribution in [0.5, 0.6) is 0 Å². The molecule has 1 radical (unpaired) electrons. The molecule has 0 amide bonds. The molecular formula is C48H60IrNO2Si-. The second-order valence-electron chi connectivity index (χ2n) is 16.0. The number of hydrogen-bond acceptors (Lipinski definition) is 3. The van der Waals surface area contributed by atoms with Crippen molar-refractivity contribution in [3.8, 4) is 22.4 Å². The van der Waals surface area contributed by atoms with E-state index in [0.29, 0.717) is 5.92 Å². The number of aliphatic hydroxyl groups is 1. The van der Waals surface area contributed by atoms with Crippen LogP contribution in [0.25, 0.3) is 44.1 Å². The van der Waals surface area contributed by atoms with E-state index in [4.69, 9.17) is 4.98 Å². The number of carbonyl (C=O) groups is 1. The van der Waals surface area contributed by atoms with Crippen LogP contribution in [0.15, 0.2) is 84.6 Å². The third-order valence-corrected chi connectivity index (χ3v) is 13.3. The summed E-state index contributed by atoms with van der Waals surface area (Å²) >= 11 is 0. The summed E-state index contributed by atoms with van der Waals surface area (Å²) in [4.78, 5) is 17.0. The van der Waals surface area contributed by atoms with Gasteiger partial charge in [0, 0.05) is 49.1 Å². The van der Waals surface area contributed by atoms with E-state index >= 15 is 0 Å². The fraction of sp³-hybridized carbons (Fsp3) is 0.417. The van der Waals surface area contributed by atoms with Crippen LogP contribution < -0.4 is 5.19 Å². The number of ketones is 1. The summed E-state index contributed by atoms with van der Waals surface area (Å²) in [5.41, 5.74) is 9.89. The topological polar surface area (TPSA) is 50.2 Å². The summed E-state index contributed by atoms with van der Waals surface area (Å²) in [6.45, 7) is 19.7. The molecule has 4 aromatic carbocycles. The third kappa shape index (κ3) is 10.0. The number of fused-ring (bicyclic) bond motifs is 2. The van der Waals surface area contributed by atoms with Crippen molar-refractivity contribution in [2.45, 2.75) is 118 Å². The van der Waals surface area contributed by atoms with Gasteiger partial charge in [0.15, 0.2) is 5.78 Å². The van der Waals surface area contributed by atoms with Gasteiger partial charge < -0.3 is 5.11 Å². The molecule has 6 rings (SSSR count). The average molecular weight is 903 g/mol. The van der Waals surface area contributed by atoms with Crippen LogP contribution in [0.4, 0.5) is 0 Å². The van der Waals surface area contributed by atoms with Crippen molar-refractivity contribution in [2.24, 2.45) is 11.8 Å². The Labute approximate surface area is 334 Å². The van der Waals surface area contributed by atoms with Gasteiger partial charge in [0.1, 0.15) is 0 Å². The molecule has 0 aliphatic heterocycles. The molecule has 0 spiro atoms. The normalized spacial score (nSPS) is 13.8. The minimum Gasteiger partial charge on any atom is -0.512 e. The van der Waals surface area contributed by atoms with Crippen LogP contribution in [0.1, 0.15) is 102 Å². The van der Waals surface area contributed by atoms with E-state index in [2.05, 4.69) is 112 Å². The fourth-order valence-electron chi connectivity index (χ4n) is 8.02. The Bertz CT molecular complexity index is 2030. The Hall–Kier alpha value is -3.37. The summed E-state index contributed by atoms with van der Waals surface area (Å²) in [5.74, 6) is 1.17. The molecular weight excluding hydrogens is 843 g/mol. The molecule has 5 aromatic rings. The van der Waals surface area contributed by atoms with Gasteiger partial charge in [-0.1, -0.05) is 136 Å². The largest absolute Gasteiger partial charge is 0.512 e. The monoisotopic (exact) mass is 903 g/mol. The molecule has 0 atom stereocenters. The third-order valence-electron chi connectivity index (χ3n) is 11.3. The average Bonchev–Trinajstić information content (AvgIpc) is 3.67. The predicted octanol–water partition coefficient (Wildman–Crippen LogP) is 13.2. The van der Waals surface area contributed by atoms with Crippen LogP contribution in [-0.4, -0.2) is 23.9 Å². The first-order chi connectivity index (χ1) is 24.9. The SMILES string of the molecule is CCC(CC)C(=O)/C=C(\O)C(CC)CC.Cc1cc(C)c2c(C3CCCC3)cc(-c3[c-]c4ccccc4c(-c4ccc([Si](C)(C)C)cc4)c3)nc2c1.[Ir]. The van der Waals surface area contributed by atoms with Gasteiger partial charge in [-0.15, -0.1) is 23.6 Å². The fourth-order valence-corrected chi connectivity index (χ4v) is 9.19. The summed E-state index contributed by atoms with van der Waals surface area (Å²) in [6.07, 6.45) is 10.1. The second-order valence-corrected chi connectivity index (χ2v) is 21.1. The number of aromatic nitrogens is 1. The van der Waals surface area contributed by atoms with Crippen LogP contribution >= 0.6 is 0 Å². The van der Waals surface area contributed by atoms with Crippen LogP contribution in [0, 0.1) is 31.7 Å². The van der Waals surface area contributed by atoms with Crippen molar-refractivity contribution in [2.75, 3.05) is 0 Å². The number of aliphatic hydroxyl groups excluding tert-OH is 1. The molecule has 1 heterocycles. The number of aryl methyl sites for hydroxylation is 2. The first kappa shape index (κ1) is 42.4. The van der Waals surface area contributed by atoms with Crippen LogP contribution in [-0.2, 0) is 24.9 Å². The number of hydrogen-bond donors (Lipinski definition) is 1. The summed E-state index contributed by atoms with van der Waals surface area (Å²) < 4.78 is 0. The smallest absolute Gasteiger partial charge is 0.162 e. The van der Waals surface area contributed by atoms with E-state index < -0.39 is 8.07 Å². The Morgan fingerprint density at radius 1 is 0.868 bits per heavy atom. The molecule has 0 unspecified atom stereocenters. The number of pyridine rings is 1. The van der Waals surface area contributed by atoms with Crippen molar-refractivity contribution in [1.29, 1.82) is 0 Å². The maximum Gasteiger partial charge on any atom is 0.162 e. The first-order valence-electron chi connectivity index (χ1n) is 19.8. The van der Waals surface area contributed by atoms with Crippen molar-refractivity contribution in [1.82, 2.24) is 4.98 Å². The molecule has 5 heteroatoms. The van der Waals surface area contributed by atoms with Crippen molar-refractivity contribution in [3.63, 3.8) is 0 Å². The summed E-state index contributed by atoms with van der Waals surface area (Å²) in [7, 11) is -1.35. The Morgan fingerprint density at radius 2 is 1.49 bits per heavy atom. The first-order valence-corrected chi connectivity index (χ1v) is 23.3. The quantitative estimate of drug-likeness (QED) is 0.0622. The Kier molecular flexibility index (Phi) is 15.0. The molecule has 3 nitrogen and oxygen atoms in total. The Balaban J connectivity index is 0.000000335. The number of benzene rings is 4. The van der Waals surface area contributed by atoms with Gasteiger partial charge in [-0.25, -0.2) is 0 Å². The minimum absolute atomic E-state index is 0. The Morgan fingerprint density at radius 3 is 2.09 bits per heavy atom. The van der Waals surface area contributed by atoms with Crippen LogP contribution in [0.2, 0.25) is 19.6 Å². The molecule has 0 bridgehead atoms. The van der Waals surface area contributed by atoms with Crippen molar-refractivity contribution < 1.29 is 30.0 Å². The number of carbonyl (C=O) groups excluding carboxylic acids is 1. The number of nitrogens with zero attached hydrogens (tertiary/aromatic N) is 1. The molecule has 1 aliphatic rings.